The molecule has 0 heterocycles. The normalized spacial score (nSPS) is 14.5. The molecule has 0 aromatic carbocycles. The molecular formula is C11H23ClN2O2. The third-order valence-electron chi connectivity index (χ3n) is 2.30. The molecule has 4 nitrogen and oxygen atoms in total. The molecule has 0 aromatic rings. The first-order valence-electron chi connectivity index (χ1n) is 5.92. The first kappa shape index (κ1) is 15.7. The Morgan fingerprint density at radius 2 is 2.00 bits per heavy atom. The summed E-state index contributed by atoms with van der Waals surface area (Å²) in [6, 6.07) is -0.575. The van der Waals surface area contributed by atoms with Gasteiger partial charge in [0.25, 0.3) is 0 Å². The van der Waals surface area contributed by atoms with Gasteiger partial charge < -0.3 is 16.2 Å². The van der Waals surface area contributed by atoms with Gasteiger partial charge in [-0.05, 0) is 32.2 Å². The van der Waals surface area contributed by atoms with E-state index in [0.29, 0.717) is 19.4 Å². The highest BCUT2D eigenvalue weighted by molar-refractivity contribution is 6.20. The summed E-state index contributed by atoms with van der Waals surface area (Å²) in [7, 11) is 0. The number of carbonyl (C=O) groups excluding carboxylic acids is 1. The average molecular weight is 251 g/mol. The van der Waals surface area contributed by atoms with E-state index in [4.69, 9.17) is 27.8 Å². The van der Waals surface area contributed by atoms with E-state index in [9.17, 15) is 4.79 Å². The number of hydrogen-bond donors (Lipinski definition) is 2. The Kier molecular flexibility index (Phi) is 9.68. The number of esters is 1. The van der Waals surface area contributed by atoms with Crippen molar-refractivity contribution in [3.63, 3.8) is 0 Å². The molecule has 96 valence electrons. The summed E-state index contributed by atoms with van der Waals surface area (Å²) in [6.45, 7) is 2.68. The van der Waals surface area contributed by atoms with E-state index in [0.717, 1.165) is 25.7 Å². The second-order valence-corrected chi connectivity index (χ2v) is 4.37. The van der Waals surface area contributed by atoms with Gasteiger partial charge in [-0.3, -0.25) is 4.79 Å². The molecule has 0 saturated heterocycles. The first-order chi connectivity index (χ1) is 7.61. The monoisotopic (exact) mass is 250 g/mol. The lowest BCUT2D eigenvalue weighted by Crippen LogP contribution is -2.34. The van der Waals surface area contributed by atoms with E-state index < -0.39 is 17.6 Å². The molecule has 0 saturated carbocycles. The number of halogens is 1. The van der Waals surface area contributed by atoms with Crippen molar-refractivity contribution < 1.29 is 9.53 Å². The molecule has 2 atom stereocenters. The second kappa shape index (κ2) is 9.87. The number of rotatable bonds is 9. The van der Waals surface area contributed by atoms with E-state index in [1.165, 1.54) is 0 Å². The molecule has 0 radical (unpaired) electrons. The Morgan fingerprint density at radius 3 is 2.56 bits per heavy atom. The zero-order valence-electron chi connectivity index (χ0n) is 9.95. The first-order valence-corrected chi connectivity index (χ1v) is 6.35. The Hall–Kier alpha value is -0.320. The van der Waals surface area contributed by atoms with Crippen LogP contribution in [-0.4, -0.2) is 24.1 Å². The molecule has 16 heavy (non-hydrogen) atoms. The summed E-state index contributed by atoms with van der Waals surface area (Å²) < 4.78 is 5.02. The number of hydrogen-bond acceptors (Lipinski definition) is 4. The average Bonchev–Trinajstić information content (AvgIpc) is 2.26. The fourth-order valence-electron chi connectivity index (χ4n) is 1.26. The van der Waals surface area contributed by atoms with Crippen LogP contribution in [0.3, 0.4) is 0 Å². The Labute approximate surface area is 103 Å². The fourth-order valence-corrected chi connectivity index (χ4v) is 1.51. The molecule has 0 bridgehead atoms. The fraction of sp³-hybridized carbons (Fsp3) is 0.909. The number of carbonyl (C=O) groups is 1. The molecule has 0 aliphatic rings. The summed E-state index contributed by atoms with van der Waals surface area (Å²) >= 11 is 5.84. The molecular weight excluding hydrogens is 228 g/mol. The second-order valence-electron chi connectivity index (χ2n) is 3.88. The summed E-state index contributed by atoms with van der Waals surface area (Å²) in [5.41, 5.74) is 10.5. The molecule has 0 rings (SSSR count). The third-order valence-corrected chi connectivity index (χ3v) is 2.61. The van der Waals surface area contributed by atoms with Gasteiger partial charge in [-0.15, -0.1) is 0 Å². The summed E-state index contributed by atoms with van der Waals surface area (Å²) in [6.07, 6.45) is 4.98. The van der Waals surface area contributed by atoms with Gasteiger partial charge in [0.05, 0.1) is 0 Å². The van der Waals surface area contributed by atoms with Crippen molar-refractivity contribution in [1.29, 1.82) is 0 Å². The minimum Gasteiger partial charge on any atom is -0.445 e. The molecule has 0 spiro atoms. The van der Waals surface area contributed by atoms with E-state index >= 15 is 0 Å². The van der Waals surface area contributed by atoms with Gasteiger partial charge in [0.2, 0.25) is 0 Å². The van der Waals surface area contributed by atoms with E-state index in [1.54, 1.807) is 0 Å². The van der Waals surface area contributed by atoms with Crippen LogP contribution in [0.2, 0.25) is 0 Å². The highest BCUT2D eigenvalue weighted by Crippen LogP contribution is 2.11. The van der Waals surface area contributed by atoms with Crippen molar-refractivity contribution in [1.82, 2.24) is 0 Å². The SMILES string of the molecule is CCCCC(Cl)OC(=O)[C@@H](N)CCCCN. The van der Waals surface area contributed by atoms with Crippen molar-refractivity contribution in [3.05, 3.63) is 0 Å². The van der Waals surface area contributed by atoms with Crippen LogP contribution >= 0.6 is 11.6 Å². The lowest BCUT2D eigenvalue weighted by molar-refractivity contribution is -0.147. The predicted molar refractivity (Wildman–Crippen MR) is 66.1 cm³/mol. The van der Waals surface area contributed by atoms with Crippen LogP contribution in [0.25, 0.3) is 0 Å². The van der Waals surface area contributed by atoms with Crippen molar-refractivity contribution in [2.24, 2.45) is 11.5 Å². The van der Waals surface area contributed by atoms with Crippen molar-refractivity contribution in [2.45, 2.75) is 57.1 Å². The van der Waals surface area contributed by atoms with Crippen LogP contribution in [0.15, 0.2) is 0 Å². The smallest absolute Gasteiger partial charge is 0.324 e. The van der Waals surface area contributed by atoms with Crippen molar-refractivity contribution in [3.8, 4) is 0 Å². The number of nitrogens with two attached hydrogens (primary N) is 2. The third kappa shape index (κ3) is 7.91. The molecule has 0 amide bonds. The van der Waals surface area contributed by atoms with Crippen LogP contribution < -0.4 is 11.5 Å². The Morgan fingerprint density at radius 1 is 1.31 bits per heavy atom. The number of alkyl halides is 1. The zero-order chi connectivity index (χ0) is 12.4. The number of ether oxygens (including phenoxy) is 1. The highest BCUT2D eigenvalue weighted by Gasteiger charge is 2.18. The maximum Gasteiger partial charge on any atom is 0.324 e. The Balaban J connectivity index is 3.68. The summed E-state index contributed by atoms with van der Waals surface area (Å²) in [4.78, 5) is 11.4. The molecule has 5 heteroatoms. The van der Waals surface area contributed by atoms with Crippen LogP contribution in [0.4, 0.5) is 0 Å². The maximum absolute atomic E-state index is 11.4. The Bertz CT molecular complexity index is 191. The van der Waals surface area contributed by atoms with Gasteiger partial charge in [0, 0.05) is 0 Å². The minimum absolute atomic E-state index is 0.409. The largest absolute Gasteiger partial charge is 0.445 e. The quantitative estimate of drug-likeness (QED) is 0.371. The van der Waals surface area contributed by atoms with Gasteiger partial charge in [-0.1, -0.05) is 31.4 Å². The minimum atomic E-state index is -0.575. The molecule has 4 N–H and O–H groups in total. The molecule has 0 aromatic heterocycles. The summed E-state index contributed by atoms with van der Waals surface area (Å²) in [5.74, 6) is -0.409. The maximum atomic E-state index is 11.4. The molecule has 0 fully saturated rings. The number of unbranched alkanes of at least 4 members (excludes halogenated alkanes) is 2. The topological polar surface area (TPSA) is 78.3 Å². The van der Waals surface area contributed by atoms with Crippen LogP contribution in [0, 0.1) is 0 Å². The van der Waals surface area contributed by atoms with E-state index in [1.807, 2.05) is 0 Å². The summed E-state index contributed by atoms with van der Waals surface area (Å²) in [5, 5.41) is 0. The standard InChI is InChI=1S/C11H23ClN2O2/c1-2-3-7-10(12)16-11(15)9(14)6-4-5-8-13/h9-10H,2-8,13-14H2,1H3/t9-,10?/m0/s1. The van der Waals surface area contributed by atoms with Crippen LogP contribution in [-0.2, 0) is 9.53 Å². The predicted octanol–water partition coefficient (Wildman–Crippen LogP) is 1.74. The van der Waals surface area contributed by atoms with Crippen LogP contribution in [0.1, 0.15) is 45.4 Å². The van der Waals surface area contributed by atoms with Crippen molar-refractivity contribution in [2.75, 3.05) is 6.54 Å². The molecule has 0 aliphatic carbocycles. The molecule has 0 aliphatic heterocycles. The van der Waals surface area contributed by atoms with Gasteiger partial charge in [-0.25, -0.2) is 0 Å². The lowest BCUT2D eigenvalue weighted by atomic mass is 10.1. The van der Waals surface area contributed by atoms with Gasteiger partial charge in [0.15, 0.2) is 5.56 Å². The van der Waals surface area contributed by atoms with E-state index in [-0.39, 0.29) is 0 Å². The van der Waals surface area contributed by atoms with E-state index in [2.05, 4.69) is 6.92 Å². The molecule has 1 unspecified atom stereocenters. The van der Waals surface area contributed by atoms with Gasteiger partial charge >= 0.3 is 5.97 Å². The van der Waals surface area contributed by atoms with Gasteiger partial charge in [-0.2, -0.15) is 0 Å². The van der Waals surface area contributed by atoms with Crippen molar-refractivity contribution >= 4 is 17.6 Å². The lowest BCUT2D eigenvalue weighted by Gasteiger charge is -2.14. The zero-order valence-corrected chi connectivity index (χ0v) is 10.7. The van der Waals surface area contributed by atoms with Crippen LogP contribution in [0.5, 0.6) is 0 Å². The highest BCUT2D eigenvalue weighted by atomic mass is 35.5. The van der Waals surface area contributed by atoms with Gasteiger partial charge in [0.1, 0.15) is 6.04 Å².